The van der Waals surface area contributed by atoms with Crippen LogP contribution in [0.25, 0.3) is 38.4 Å². The van der Waals surface area contributed by atoms with Crippen molar-refractivity contribution in [2.45, 2.75) is 19.3 Å². The zero-order chi connectivity index (χ0) is 31.2. The maximum atomic E-state index is 13.6. The van der Waals surface area contributed by atoms with Gasteiger partial charge in [0, 0.05) is 22.2 Å². The molecular formula is C43H29NO2. The maximum Gasteiger partial charge on any atom is 0.197 e. The lowest BCUT2D eigenvalue weighted by molar-refractivity contribution is 0.0990. The van der Waals surface area contributed by atoms with Gasteiger partial charge in [-0.1, -0.05) is 105 Å². The average Bonchev–Trinajstić information content (AvgIpc) is 3.31. The number of nitrogens with zero attached hydrogens (tertiary/aromatic N) is 1. The van der Waals surface area contributed by atoms with Crippen LogP contribution in [0, 0.1) is 0 Å². The van der Waals surface area contributed by atoms with Crippen LogP contribution in [0.4, 0.5) is 17.1 Å². The summed E-state index contributed by atoms with van der Waals surface area (Å²) in [5.41, 5.74) is 7.37. The third-order valence-electron chi connectivity index (χ3n) is 9.87. The molecule has 7 aromatic carbocycles. The van der Waals surface area contributed by atoms with E-state index in [4.69, 9.17) is 0 Å². The molecule has 0 radical (unpaired) electrons. The molecule has 1 aliphatic carbocycles. The molecular weight excluding hydrogens is 562 g/mol. The fourth-order valence-corrected chi connectivity index (χ4v) is 7.61. The minimum absolute atomic E-state index is 0.211. The Kier molecular flexibility index (Phi) is 5.55. The van der Waals surface area contributed by atoms with E-state index in [9.17, 15) is 9.59 Å². The van der Waals surface area contributed by atoms with Crippen LogP contribution >= 0.6 is 0 Å². The highest BCUT2D eigenvalue weighted by Gasteiger charge is 2.39. The molecule has 0 fully saturated rings. The summed E-state index contributed by atoms with van der Waals surface area (Å²) in [6.45, 7) is 4.55. The van der Waals surface area contributed by atoms with E-state index in [-0.39, 0.29) is 22.6 Å². The summed E-state index contributed by atoms with van der Waals surface area (Å²) >= 11 is 0. The van der Waals surface area contributed by atoms with Gasteiger partial charge in [0.05, 0.1) is 16.9 Å². The number of allylic oxidation sites excluding steroid dienone is 1. The van der Waals surface area contributed by atoms with Gasteiger partial charge in [0.25, 0.3) is 0 Å². The molecule has 0 bridgehead atoms. The summed E-state index contributed by atoms with van der Waals surface area (Å²) in [4.78, 5) is 29.6. The molecule has 7 aromatic rings. The van der Waals surface area contributed by atoms with Crippen molar-refractivity contribution >= 4 is 67.0 Å². The van der Waals surface area contributed by atoms with Crippen LogP contribution in [0.15, 0.2) is 139 Å². The molecule has 0 N–H and O–H groups in total. The van der Waals surface area contributed by atoms with Gasteiger partial charge in [0.2, 0.25) is 0 Å². The molecule has 9 rings (SSSR count). The quantitative estimate of drug-likeness (QED) is 0.148. The molecule has 218 valence electrons. The van der Waals surface area contributed by atoms with E-state index < -0.39 is 0 Å². The highest BCUT2D eigenvalue weighted by atomic mass is 16.2. The standard InChI is InChI=1S/C43H29NO2/c1-43(2)37-22-26(21-36-41(45)34-24-30-12-5-6-13-31(30)25-35(34)42(36)46)15-19-38(37)44(32-18-16-27-9-3-4-11-29(27)23-32)39-20-17-28-10-7-8-14-33(28)40(39)43/h3-25H,1-2H3. The lowest BCUT2D eigenvalue weighted by Gasteiger charge is -2.43. The second kappa shape index (κ2) is 9.60. The number of hydrogen-bond donors (Lipinski definition) is 0. The fraction of sp³-hybridized carbons (Fsp3) is 0.0698. The first-order chi connectivity index (χ1) is 22.4. The Morgan fingerprint density at radius 2 is 1.11 bits per heavy atom. The molecule has 0 saturated heterocycles. The molecule has 3 nitrogen and oxygen atoms in total. The lowest BCUT2D eigenvalue weighted by Crippen LogP contribution is -2.31. The van der Waals surface area contributed by atoms with Gasteiger partial charge in [-0.05, 0) is 97.5 Å². The lowest BCUT2D eigenvalue weighted by atomic mass is 9.71. The van der Waals surface area contributed by atoms with Gasteiger partial charge in [-0.25, -0.2) is 0 Å². The molecule has 3 heteroatoms. The smallest absolute Gasteiger partial charge is 0.197 e. The topological polar surface area (TPSA) is 37.4 Å². The zero-order valence-corrected chi connectivity index (χ0v) is 25.5. The van der Waals surface area contributed by atoms with Crippen molar-refractivity contribution in [3.8, 4) is 0 Å². The first-order valence-corrected chi connectivity index (χ1v) is 15.7. The summed E-state index contributed by atoms with van der Waals surface area (Å²) in [5, 5.41) is 6.71. The molecule has 1 heterocycles. The van der Waals surface area contributed by atoms with Gasteiger partial charge in [0.15, 0.2) is 11.6 Å². The molecule has 0 saturated carbocycles. The number of benzene rings is 7. The largest absolute Gasteiger partial charge is 0.310 e. The first-order valence-electron chi connectivity index (χ1n) is 15.7. The van der Waals surface area contributed by atoms with Crippen LogP contribution in [-0.4, -0.2) is 11.6 Å². The molecule has 2 aliphatic rings. The Bertz CT molecular complexity index is 2440. The number of fused-ring (bicyclic) bond motifs is 7. The van der Waals surface area contributed by atoms with Crippen LogP contribution in [0.5, 0.6) is 0 Å². The molecule has 0 aromatic heterocycles. The van der Waals surface area contributed by atoms with E-state index in [1.165, 1.54) is 27.1 Å². The first kappa shape index (κ1) is 26.6. The van der Waals surface area contributed by atoms with Gasteiger partial charge < -0.3 is 4.90 Å². The second-order valence-electron chi connectivity index (χ2n) is 12.9. The normalized spacial score (nSPS) is 14.9. The zero-order valence-electron chi connectivity index (χ0n) is 25.5. The van der Waals surface area contributed by atoms with Crippen molar-refractivity contribution in [1.82, 2.24) is 0 Å². The van der Waals surface area contributed by atoms with Crippen LogP contribution in [-0.2, 0) is 5.41 Å². The van der Waals surface area contributed by atoms with Crippen LogP contribution < -0.4 is 4.90 Å². The number of ketones is 2. The highest BCUT2D eigenvalue weighted by Crippen LogP contribution is 2.54. The van der Waals surface area contributed by atoms with Crippen LogP contribution in [0.3, 0.4) is 0 Å². The van der Waals surface area contributed by atoms with Gasteiger partial charge in [0.1, 0.15) is 0 Å². The second-order valence-corrected chi connectivity index (χ2v) is 12.9. The maximum absolute atomic E-state index is 13.6. The van der Waals surface area contributed by atoms with Crippen molar-refractivity contribution in [2.24, 2.45) is 0 Å². The molecule has 0 atom stereocenters. The van der Waals surface area contributed by atoms with E-state index in [1.807, 2.05) is 42.5 Å². The number of carbonyl (C=O) groups is 2. The Morgan fingerprint density at radius 3 is 1.80 bits per heavy atom. The average molecular weight is 592 g/mol. The van der Waals surface area contributed by atoms with Crippen molar-refractivity contribution in [3.63, 3.8) is 0 Å². The van der Waals surface area contributed by atoms with E-state index in [2.05, 4.69) is 110 Å². The predicted molar refractivity (Wildman–Crippen MR) is 189 cm³/mol. The minimum atomic E-state index is -0.363. The van der Waals surface area contributed by atoms with E-state index >= 15 is 0 Å². The van der Waals surface area contributed by atoms with Crippen molar-refractivity contribution in [1.29, 1.82) is 0 Å². The number of hydrogen-bond acceptors (Lipinski definition) is 3. The SMILES string of the molecule is CC1(C)c2cc(C=C3C(=O)c4cc5ccccc5cc4C3=O)ccc2N(c2ccc3ccccc3c2)c2ccc3ccccc3c21. The van der Waals surface area contributed by atoms with Gasteiger partial charge in [-0.15, -0.1) is 0 Å². The fourth-order valence-electron chi connectivity index (χ4n) is 7.61. The molecule has 0 unspecified atom stereocenters. The molecule has 46 heavy (non-hydrogen) atoms. The van der Waals surface area contributed by atoms with E-state index in [1.54, 1.807) is 6.08 Å². The summed E-state index contributed by atoms with van der Waals surface area (Å²) in [7, 11) is 0. The predicted octanol–water partition coefficient (Wildman–Crippen LogP) is 10.7. The van der Waals surface area contributed by atoms with Gasteiger partial charge in [-0.3, -0.25) is 9.59 Å². The third kappa shape index (κ3) is 3.78. The van der Waals surface area contributed by atoms with E-state index in [0.717, 1.165) is 39.0 Å². The number of anilines is 3. The van der Waals surface area contributed by atoms with Crippen molar-refractivity contribution in [2.75, 3.05) is 4.90 Å². The number of Topliss-reactive ketones (excluding diaryl/α,β-unsaturated/α-hetero) is 2. The Morgan fingerprint density at radius 1 is 0.543 bits per heavy atom. The molecule has 1 aliphatic heterocycles. The monoisotopic (exact) mass is 591 g/mol. The Hall–Kier alpha value is -5.80. The summed E-state index contributed by atoms with van der Waals surface area (Å²) < 4.78 is 0. The highest BCUT2D eigenvalue weighted by molar-refractivity contribution is 6.42. The van der Waals surface area contributed by atoms with Gasteiger partial charge in [-0.2, -0.15) is 0 Å². The van der Waals surface area contributed by atoms with Crippen molar-refractivity contribution < 1.29 is 9.59 Å². The molecule has 0 spiro atoms. The summed E-state index contributed by atoms with van der Waals surface area (Å²) in [6, 6.07) is 46.0. The number of rotatable bonds is 2. The number of carbonyl (C=O) groups excluding carboxylic acids is 2. The minimum Gasteiger partial charge on any atom is -0.310 e. The Labute approximate surface area is 267 Å². The van der Waals surface area contributed by atoms with Crippen molar-refractivity contribution in [3.05, 3.63) is 167 Å². The summed E-state index contributed by atoms with van der Waals surface area (Å²) in [5.74, 6) is -0.422. The van der Waals surface area contributed by atoms with E-state index in [0.29, 0.717) is 11.1 Å². The van der Waals surface area contributed by atoms with Crippen LogP contribution in [0.2, 0.25) is 0 Å². The third-order valence-corrected chi connectivity index (χ3v) is 9.87. The van der Waals surface area contributed by atoms with Gasteiger partial charge >= 0.3 is 0 Å². The van der Waals surface area contributed by atoms with Crippen LogP contribution in [0.1, 0.15) is 51.3 Å². The Balaban J connectivity index is 1.24. The summed E-state index contributed by atoms with van der Waals surface area (Å²) in [6.07, 6.45) is 1.78. The molecule has 0 amide bonds.